The monoisotopic (exact) mass is 285 g/mol. The van der Waals surface area contributed by atoms with Gasteiger partial charge in [-0.1, -0.05) is 23.2 Å². The van der Waals surface area contributed by atoms with E-state index in [2.05, 4.69) is 15.5 Å². The summed E-state index contributed by atoms with van der Waals surface area (Å²) in [5.41, 5.74) is 4.27. The Hall–Kier alpha value is -1.14. The molecule has 0 radical (unpaired) electrons. The highest BCUT2D eigenvalue weighted by Gasteiger charge is 2.17. The van der Waals surface area contributed by atoms with E-state index in [0.717, 1.165) is 5.69 Å². The third-order valence-corrected chi connectivity index (χ3v) is 3.06. The summed E-state index contributed by atoms with van der Waals surface area (Å²) in [5, 5.41) is 5.28. The third kappa shape index (κ3) is 3.00. The number of hydrogen-bond acceptors (Lipinski definition) is 4. The van der Waals surface area contributed by atoms with Crippen molar-refractivity contribution in [2.75, 3.05) is 0 Å². The first-order valence-corrected chi connectivity index (χ1v) is 6.11. The third-order valence-electron chi connectivity index (χ3n) is 2.55. The minimum absolute atomic E-state index is 0.204. The zero-order valence-electron chi connectivity index (χ0n) is 9.77. The van der Waals surface area contributed by atoms with Crippen LogP contribution in [0, 0.1) is 0 Å². The zero-order chi connectivity index (χ0) is 13.1. The Bertz CT molecular complexity index is 540. The highest BCUT2D eigenvalue weighted by molar-refractivity contribution is 6.34. The van der Waals surface area contributed by atoms with Gasteiger partial charge >= 0.3 is 0 Å². The molecule has 2 heterocycles. The molecule has 1 atom stereocenters. The molecule has 7 heteroatoms. The fraction of sp³-hybridized carbons (Fsp3) is 0.273. The molecule has 0 spiro atoms. The number of hydrogen-bond donors (Lipinski definition) is 2. The van der Waals surface area contributed by atoms with Gasteiger partial charge in [0, 0.05) is 25.9 Å². The fourth-order valence-corrected chi connectivity index (χ4v) is 2.21. The van der Waals surface area contributed by atoms with E-state index < -0.39 is 0 Å². The molecule has 0 aromatic carbocycles. The summed E-state index contributed by atoms with van der Waals surface area (Å²) in [4.78, 5) is 4.21. The molecule has 5 nitrogen and oxygen atoms in total. The lowest BCUT2D eigenvalue weighted by molar-refractivity contribution is 0.529. The number of aryl methyl sites for hydroxylation is 1. The summed E-state index contributed by atoms with van der Waals surface area (Å²) in [5.74, 6) is 5.55. The Morgan fingerprint density at radius 1 is 1.50 bits per heavy atom. The van der Waals surface area contributed by atoms with Crippen LogP contribution in [0.3, 0.4) is 0 Å². The summed E-state index contributed by atoms with van der Waals surface area (Å²) in [7, 11) is 1.86. The van der Waals surface area contributed by atoms with Crippen molar-refractivity contribution in [2.45, 2.75) is 12.5 Å². The minimum atomic E-state index is -0.204. The molecule has 0 amide bonds. The van der Waals surface area contributed by atoms with Crippen LogP contribution in [0.15, 0.2) is 24.5 Å². The van der Waals surface area contributed by atoms with E-state index in [9.17, 15) is 0 Å². The van der Waals surface area contributed by atoms with Crippen molar-refractivity contribution in [3.05, 3.63) is 46.0 Å². The maximum Gasteiger partial charge on any atom is 0.0777 e. The molecule has 2 aromatic heterocycles. The van der Waals surface area contributed by atoms with Gasteiger partial charge in [0.25, 0.3) is 0 Å². The Labute approximate surface area is 115 Å². The van der Waals surface area contributed by atoms with Crippen molar-refractivity contribution in [2.24, 2.45) is 12.9 Å². The number of halogens is 2. The number of aromatic nitrogens is 3. The summed E-state index contributed by atoms with van der Waals surface area (Å²) in [6.07, 6.45) is 4.02. The number of rotatable bonds is 4. The first kappa shape index (κ1) is 13.3. The molecule has 1 unspecified atom stereocenters. The SMILES string of the molecule is Cn1ccc(CC(NN)c2ncc(Cl)cc2Cl)n1. The Morgan fingerprint density at radius 2 is 2.28 bits per heavy atom. The second kappa shape index (κ2) is 5.67. The van der Waals surface area contributed by atoms with Gasteiger partial charge in [-0.2, -0.15) is 5.10 Å². The molecular formula is C11H13Cl2N5. The molecule has 2 aromatic rings. The number of pyridine rings is 1. The Morgan fingerprint density at radius 3 is 2.83 bits per heavy atom. The van der Waals surface area contributed by atoms with Crippen LogP contribution in [-0.2, 0) is 13.5 Å². The van der Waals surface area contributed by atoms with Crippen LogP contribution >= 0.6 is 23.2 Å². The second-order valence-electron chi connectivity index (χ2n) is 3.92. The van der Waals surface area contributed by atoms with Gasteiger partial charge in [0.05, 0.1) is 27.5 Å². The summed E-state index contributed by atoms with van der Waals surface area (Å²) < 4.78 is 1.74. The molecule has 2 rings (SSSR count). The number of nitrogens with zero attached hydrogens (tertiary/aromatic N) is 3. The van der Waals surface area contributed by atoms with Gasteiger partial charge in [-0.05, 0) is 12.1 Å². The first-order valence-electron chi connectivity index (χ1n) is 5.35. The number of hydrazine groups is 1. The van der Waals surface area contributed by atoms with Gasteiger partial charge < -0.3 is 0 Å². The lowest BCUT2D eigenvalue weighted by Gasteiger charge is -2.15. The van der Waals surface area contributed by atoms with Crippen LogP contribution in [0.25, 0.3) is 0 Å². The molecule has 0 bridgehead atoms. The van der Waals surface area contributed by atoms with Gasteiger partial charge in [0.15, 0.2) is 0 Å². The lowest BCUT2D eigenvalue weighted by Crippen LogP contribution is -2.30. The molecule has 0 saturated carbocycles. The molecule has 96 valence electrons. The minimum Gasteiger partial charge on any atom is -0.276 e. The predicted octanol–water partition coefficient (Wildman–Crippen LogP) is 1.87. The van der Waals surface area contributed by atoms with Crippen LogP contribution in [0.1, 0.15) is 17.4 Å². The molecule has 3 N–H and O–H groups in total. The summed E-state index contributed by atoms with van der Waals surface area (Å²) >= 11 is 11.9. The van der Waals surface area contributed by atoms with E-state index in [1.54, 1.807) is 16.9 Å². The maximum atomic E-state index is 6.11. The van der Waals surface area contributed by atoms with Crippen molar-refractivity contribution in [1.82, 2.24) is 20.2 Å². The number of nitrogens with one attached hydrogen (secondary N) is 1. The summed E-state index contributed by atoms with van der Waals surface area (Å²) in [6.45, 7) is 0. The Balaban J connectivity index is 2.22. The van der Waals surface area contributed by atoms with E-state index >= 15 is 0 Å². The lowest BCUT2D eigenvalue weighted by atomic mass is 10.1. The molecular weight excluding hydrogens is 273 g/mol. The van der Waals surface area contributed by atoms with E-state index in [1.165, 1.54) is 0 Å². The fourth-order valence-electron chi connectivity index (χ4n) is 1.70. The zero-order valence-corrected chi connectivity index (χ0v) is 11.3. The van der Waals surface area contributed by atoms with Crippen LogP contribution < -0.4 is 11.3 Å². The van der Waals surface area contributed by atoms with E-state index in [4.69, 9.17) is 29.0 Å². The van der Waals surface area contributed by atoms with Crippen LogP contribution in [-0.4, -0.2) is 14.8 Å². The van der Waals surface area contributed by atoms with Crippen molar-refractivity contribution in [3.63, 3.8) is 0 Å². The van der Waals surface area contributed by atoms with Crippen molar-refractivity contribution < 1.29 is 0 Å². The van der Waals surface area contributed by atoms with Crippen LogP contribution in [0.2, 0.25) is 10.0 Å². The highest BCUT2D eigenvalue weighted by Crippen LogP contribution is 2.25. The predicted molar refractivity (Wildman–Crippen MR) is 71.2 cm³/mol. The molecule has 0 fully saturated rings. The molecule has 0 saturated heterocycles. The largest absolute Gasteiger partial charge is 0.276 e. The molecule has 0 aliphatic heterocycles. The normalized spacial score (nSPS) is 12.7. The Kier molecular flexibility index (Phi) is 4.19. The van der Waals surface area contributed by atoms with Crippen molar-refractivity contribution >= 4 is 23.2 Å². The van der Waals surface area contributed by atoms with E-state index in [-0.39, 0.29) is 6.04 Å². The highest BCUT2D eigenvalue weighted by atomic mass is 35.5. The quantitative estimate of drug-likeness (QED) is 0.665. The average Bonchev–Trinajstić information content (AvgIpc) is 2.72. The summed E-state index contributed by atoms with van der Waals surface area (Å²) in [6, 6.07) is 3.37. The number of nitrogens with two attached hydrogens (primary N) is 1. The topological polar surface area (TPSA) is 68.8 Å². The van der Waals surface area contributed by atoms with Gasteiger partial charge in [-0.25, -0.2) is 0 Å². The maximum absolute atomic E-state index is 6.11. The molecule has 0 aliphatic rings. The van der Waals surface area contributed by atoms with Gasteiger partial charge in [0.2, 0.25) is 0 Å². The first-order chi connectivity index (χ1) is 8.60. The van der Waals surface area contributed by atoms with E-state index in [0.29, 0.717) is 22.2 Å². The van der Waals surface area contributed by atoms with E-state index in [1.807, 2.05) is 19.3 Å². The molecule has 0 aliphatic carbocycles. The van der Waals surface area contributed by atoms with Crippen LogP contribution in [0.5, 0.6) is 0 Å². The average molecular weight is 286 g/mol. The molecule has 18 heavy (non-hydrogen) atoms. The standard InChI is InChI=1S/C11H13Cl2N5/c1-18-3-2-8(17-18)5-10(16-14)11-9(13)4-7(12)6-15-11/h2-4,6,10,16H,5,14H2,1H3. The van der Waals surface area contributed by atoms with Crippen molar-refractivity contribution in [3.8, 4) is 0 Å². The van der Waals surface area contributed by atoms with Gasteiger partial charge in [0.1, 0.15) is 0 Å². The van der Waals surface area contributed by atoms with Gasteiger partial charge in [-0.3, -0.25) is 20.9 Å². The smallest absolute Gasteiger partial charge is 0.0777 e. The van der Waals surface area contributed by atoms with Crippen LogP contribution in [0.4, 0.5) is 0 Å². The van der Waals surface area contributed by atoms with Crippen molar-refractivity contribution in [1.29, 1.82) is 0 Å². The van der Waals surface area contributed by atoms with Gasteiger partial charge in [-0.15, -0.1) is 0 Å². The second-order valence-corrected chi connectivity index (χ2v) is 4.77.